The van der Waals surface area contributed by atoms with Crippen LogP contribution in [0, 0.1) is 0 Å². The van der Waals surface area contributed by atoms with Crippen LogP contribution >= 0.6 is 0 Å². The number of benzene rings is 1. The summed E-state index contributed by atoms with van der Waals surface area (Å²) in [6.07, 6.45) is 0. The molecule has 1 aliphatic rings. The summed E-state index contributed by atoms with van der Waals surface area (Å²) in [5.74, 6) is 1.31. The minimum Gasteiger partial charge on any atom is -0.492 e. The van der Waals surface area contributed by atoms with Gasteiger partial charge in [0.2, 0.25) is 0 Å². The third-order valence-electron chi connectivity index (χ3n) is 3.59. The van der Waals surface area contributed by atoms with Crippen molar-refractivity contribution in [2.75, 3.05) is 31.2 Å². The number of ether oxygens (including phenoxy) is 1. The van der Waals surface area contributed by atoms with E-state index in [0.29, 0.717) is 19.7 Å². The highest BCUT2D eigenvalue weighted by molar-refractivity contribution is 7.91. The molecule has 0 spiro atoms. The molecule has 0 saturated carbocycles. The van der Waals surface area contributed by atoms with Gasteiger partial charge in [0, 0.05) is 25.7 Å². The van der Waals surface area contributed by atoms with Crippen LogP contribution in [0.5, 0.6) is 5.75 Å². The van der Waals surface area contributed by atoms with Crippen molar-refractivity contribution >= 4 is 9.84 Å². The Morgan fingerprint density at radius 3 is 2.95 bits per heavy atom. The van der Waals surface area contributed by atoms with Crippen molar-refractivity contribution in [2.45, 2.75) is 19.5 Å². The highest BCUT2D eigenvalue weighted by atomic mass is 32.2. The second kappa shape index (κ2) is 6.56. The second-order valence-corrected chi connectivity index (χ2v) is 7.43. The number of nitrogens with two attached hydrogens (primary N) is 1. The van der Waals surface area contributed by atoms with Crippen molar-refractivity contribution in [1.29, 1.82) is 0 Å². The fourth-order valence-electron chi connectivity index (χ4n) is 2.41. The van der Waals surface area contributed by atoms with Gasteiger partial charge in [0.05, 0.1) is 11.5 Å². The highest BCUT2D eigenvalue weighted by Crippen LogP contribution is 2.14. The molecular formula is C14H22N2O3S. The lowest BCUT2D eigenvalue weighted by Gasteiger charge is -2.32. The maximum atomic E-state index is 11.5. The number of hydrogen-bond donors (Lipinski definition) is 1. The molecule has 20 heavy (non-hydrogen) atoms. The molecule has 0 aromatic heterocycles. The van der Waals surface area contributed by atoms with Crippen LogP contribution in [-0.2, 0) is 16.4 Å². The van der Waals surface area contributed by atoms with Crippen molar-refractivity contribution < 1.29 is 13.2 Å². The van der Waals surface area contributed by atoms with Crippen molar-refractivity contribution in [3.05, 3.63) is 29.8 Å². The van der Waals surface area contributed by atoms with E-state index < -0.39 is 9.84 Å². The van der Waals surface area contributed by atoms with Crippen LogP contribution in [0.3, 0.4) is 0 Å². The van der Waals surface area contributed by atoms with Gasteiger partial charge in [0.1, 0.15) is 12.4 Å². The first kappa shape index (κ1) is 15.3. The average Bonchev–Trinajstić information content (AvgIpc) is 2.41. The first-order valence-corrected chi connectivity index (χ1v) is 8.68. The Kier molecular flexibility index (Phi) is 5.01. The Labute approximate surface area is 120 Å². The first-order chi connectivity index (χ1) is 9.50. The Balaban J connectivity index is 1.81. The normalized spacial score (nSPS) is 22.6. The standard InChI is InChI=1S/C14H22N2O3S/c1-12-11-20(17,18)8-6-16(12)5-7-19-14-4-2-3-13(9-14)10-15/h2-4,9,12H,5-8,10-11,15H2,1H3. The van der Waals surface area contributed by atoms with Gasteiger partial charge in [0.25, 0.3) is 0 Å². The molecule has 5 nitrogen and oxygen atoms in total. The third kappa shape index (κ3) is 4.19. The molecule has 2 rings (SSSR count). The maximum absolute atomic E-state index is 11.5. The Morgan fingerprint density at radius 1 is 1.45 bits per heavy atom. The van der Waals surface area contributed by atoms with Gasteiger partial charge in [0.15, 0.2) is 9.84 Å². The zero-order valence-corrected chi connectivity index (χ0v) is 12.6. The van der Waals surface area contributed by atoms with Gasteiger partial charge < -0.3 is 10.5 Å². The number of sulfone groups is 1. The summed E-state index contributed by atoms with van der Waals surface area (Å²) in [6.45, 7) is 4.33. The number of rotatable bonds is 5. The van der Waals surface area contributed by atoms with Crippen LogP contribution in [-0.4, -0.2) is 50.6 Å². The lowest BCUT2D eigenvalue weighted by molar-refractivity contribution is 0.179. The molecule has 6 heteroatoms. The van der Waals surface area contributed by atoms with E-state index in [1.165, 1.54) is 0 Å². The molecule has 1 fully saturated rings. The smallest absolute Gasteiger partial charge is 0.153 e. The van der Waals surface area contributed by atoms with E-state index in [-0.39, 0.29) is 17.5 Å². The SMILES string of the molecule is CC1CS(=O)(=O)CCN1CCOc1cccc(CN)c1. The predicted octanol–water partition coefficient (Wildman–Crippen LogP) is 0.643. The Hall–Kier alpha value is -1.11. The van der Waals surface area contributed by atoms with Crippen molar-refractivity contribution in [3.63, 3.8) is 0 Å². The van der Waals surface area contributed by atoms with Gasteiger partial charge in [-0.2, -0.15) is 0 Å². The quantitative estimate of drug-likeness (QED) is 0.864. The molecule has 1 heterocycles. The van der Waals surface area contributed by atoms with Crippen LogP contribution in [0.4, 0.5) is 0 Å². The zero-order valence-electron chi connectivity index (χ0n) is 11.8. The predicted molar refractivity (Wildman–Crippen MR) is 79.5 cm³/mol. The van der Waals surface area contributed by atoms with Gasteiger partial charge in [-0.15, -0.1) is 0 Å². The van der Waals surface area contributed by atoms with Crippen LogP contribution in [0.15, 0.2) is 24.3 Å². The van der Waals surface area contributed by atoms with E-state index in [4.69, 9.17) is 10.5 Å². The lowest BCUT2D eigenvalue weighted by atomic mass is 10.2. The van der Waals surface area contributed by atoms with Crippen molar-refractivity contribution in [1.82, 2.24) is 4.90 Å². The lowest BCUT2D eigenvalue weighted by Crippen LogP contribution is -2.48. The summed E-state index contributed by atoms with van der Waals surface area (Å²) in [4.78, 5) is 2.16. The van der Waals surface area contributed by atoms with Crippen LogP contribution in [0.1, 0.15) is 12.5 Å². The summed E-state index contributed by atoms with van der Waals surface area (Å²) in [6, 6.07) is 7.79. The maximum Gasteiger partial charge on any atom is 0.153 e. The number of nitrogens with zero attached hydrogens (tertiary/aromatic N) is 1. The fraction of sp³-hybridized carbons (Fsp3) is 0.571. The van der Waals surface area contributed by atoms with Crippen LogP contribution < -0.4 is 10.5 Å². The molecule has 1 aromatic carbocycles. The zero-order chi connectivity index (χ0) is 14.6. The van der Waals surface area contributed by atoms with Gasteiger partial charge in [-0.1, -0.05) is 12.1 Å². The van der Waals surface area contributed by atoms with Crippen LogP contribution in [0.2, 0.25) is 0 Å². The highest BCUT2D eigenvalue weighted by Gasteiger charge is 2.27. The average molecular weight is 298 g/mol. The largest absolute Gasteiger partial charge is 0.492 e. The van der Waals surface area contributed by atoms with Gasteiger partial charge in [-0.25, -0.2) is 8.42 Å². The van der Waals surface area contributed by atoms with E-state index >= 15 is 0 Å². The molecule has 1 atom stereocenters. The monoisotopic (exact) mass is 298 g/mol. The third-order valence-corrected chi connectivity index (χ3v) is 5.38. The minimum atomic E-state index is -2.85. The van der Waals surface area contributed by atoms with Gasteiger partial charge in [-0.05, 0) is 24.6 Å². The summed E-state index contributed by atoms with van der Waals surface area (Å²) in [5.41, 5.74) is 6.63. The van der Waals surface area contributed by atoms with E-state index in [1.54, 1.807) is 0 Å². The van der Waals surface area contributed by atoms with E-state index in [2.05, 4.69) is 4.90 Å². The van der Waals surface area contributed by atoms with Crippen molar-refractivity contribution in [3.8, 4) is 5.75 Å². The van der Waals surface area contributed by atoms with E-state index in [0.717, 1.165) is 17.9 Å². The summed E-state index contributed by atoms with van der Waals surface area (Å²) >= 11 is 0. The minimum absolute atomic E-state index is 0.0627. The molecule has 1 saturated heterocycles. The van der Waals surface area contributed by atoms with E-state index in [9.17, 15) is 8.42 Å². The Bertz CT molecular complexity index is 545. The van der Waals surface area contributed by atoms with E-state index in [1.807, 2.05) is 31.2 Å². The molecule has 1 unspecified atom stereocenters. The molecule has 112 valence electrons. The summed E-state index contributed by atoms with van der Waals surface area (Å²) in [7, 11) is -2.85. The summed E-state index contributed by atoms with van der Waals surface area (Å²) in [5, 5.41) is 0. The molecule has 0 amide bonds. The fourth-order valence-corrected chi connectivity index (χ4v) is 4.03. The van der Waals surface area contributed by atoms with Gasteiger partial charge >= 0.3 is 0 Å². The summed E-state index contributed by atoms with van der Waals surface area (Å²) < 4.78 is 28.7. The topological polar surface area (TPSA) is 72.6 Å². The first-order valence-electron chi connectivity index (χ1n) is 6.86. The molecule has 0 radical (unpaired) electrons. The molecule has 0 bridgehead atoms. The molecule has 1 aliphatic heterocycles. The van der Waals surface area contributed by atoms with Crippen LogP contribution in [0.25, 0.3) is 0 Å². The molecular weight excluding hydrogens is 276 g/mol. The molecule has 0 aliphatic carbocycles. The number of hydrogen-bond acceptors (Lipinski definition) is 5. The van der Waals surface area contributed by atoms with Gasteiger partial charge in [-0.3, -0.25) is 4.90 Å². The van der Waals surface area contributed by atoms with Crippen molar-refractivity contribution in [2.24, 2.45) is 5.73 Å². The Morgan fingerprint density at radius 2 is 2.25 bits per heavy atom. The molecule has 2 N–H and O–H groups in total. The second-order valence-electron chi connectivity index (χ2n) is 5.20. The molecule has 1 aromatic rings.